The molecule has 0 unspecified atom stereocenters. The van der Waals surface area contributed by atoms with Crippen LogP contribution >= 0.6 is 0 Å². The Kier molecular flexibility index (Phi) is 4.96. The maximum atomic E-state index is 3.76. The molecule has 0 heterocycles. The van der Waals surface area contributed by atoms with E-state index in [-0.39, 0.29) is 17.0 Å². The Labute approximate surface area is 91.0 Å². The molecule has 0 aliphatic heterocycles. The van der Waals surface area contributed by atoms with Gasteiger partial charge in [0.2, 0.25) is 0 Å². The second kappa shape index (κ2) is 5.20. The molecule has 1 aromatic carbocycles. The van der Waals surface area contributed by atoms with Crippen molar-refractivity contribution < 1.29 is 17.0 Å². The highest BCUT2D eigenvalue weighted by atomic mass is 79.9. The molecule has 1 nitrogen and oxygen atoms in total. The molecule has 0 aliphatic rings. The van der Waals surface area contributed by atoms with Crippen molar-refractivity contribution in [2.24, 2.45) is 0 Å². The quantitative estimate of drug-likeness (QED) is 0.492. The number of benzene rings is 1. The van der Waals surface area contributed by atoms with Gasteiger partial charge in [0.1, 0.15) is 12.2 Å². The molecule has 0 amide bonds. The molecule has 0 fully saturated rings. The van der Waals surface area contributed by atoms with Crippen LogP contribution in [0.25, 0.3) is 0 Å². The maximum Gasteiger partial charge on any atom is 0.132 e. The van der Waals surface area contributed by atoms with Crippen molar-refractivity contribution in [3.05, 3.63) is 43.0 Å². The van der Waals surface area contributed by atoms with E-state index in [4.69, 9.17) is 0 Å². The summed E-state index contributed by atoms with van der Waals surface area (Å²) in [4.78, 5) is 0. The van der Waals surface area contributed by atoms with Crippen LogP contribution in [-0.2, 0) is 0 Å². The Morgan fingerprint density at radius 1 is 1.23 bits per heavy atom. The molecule has 1 aromatic rings. The predicted octanol–water partition coefficient (Wildman–Crippen LogP) is -0.556. The molecule has 0 N–H and O–H groups in total. The van der Waals surface area contributed by atoms with Gasteiger partial charge < -0.3 is 17.0 Å². The van der Waals surface area contributed by atoms with Gasteiger partial charge in [0.05, 0.1) is 14.1 Å². The average Bonchev–Trinajstić information content (AvgIpc) is 2.06. The molecule has 0 atom stereocenters. The molecular formula is C11H16BrN. The van der Waals surface area contributed by atoms with Crippen LogP contribution in [0.3, 0.4) is 0 Å². The van der Waals surface area contributed by atoms with Crippen molar-refractivity contribution in [1.82, 2.24) is 4.48 Å². The minimum Gasteiger partial charge on any atom is -1.00 e. The molecular weight excluding hydrogens is 226 g/mol. The van der Waals surface area contributed by atoms with Gasteiger partial charge >= 0.3 is 0 Å². The van der Waals surface area contributed by atoms with E-state index in [0.717, 1.165) is 11.0 Å². The summed E-state index contributed by atoms with van der Waals surface area (Å²) >= 11 is 0. The van der Waals surface area contributed by atoms with Crippen LogP contribution in [0, 0.1) is 0 Å². The number of hydrogen-bond acceptors (Lipinski definition) is 0. The number of quaternary nitrogens is 1. The normalized spacial score (nSPS) is 10.3. The zero-order chi connectivity index (χ0) is 9.03. The number of nitrogens with zero attached hydrogens (tertiary/aromatic N) is 1. The highest BCUT2D eigenvalue weighted by Gasteiger charge is 2.15. The lowest BCUT2D eigenvalue weighted by molar-refractivity contribution is -0.00000267. The van der Waals surface area contributed by atoms with Gasteiger partial charge in [0.15, 0.2) is 0 Å². The van der Waals surface area contributed by atoms with E-state index in [0.29, 0.717) is 0 Å². The lowest BCUT2D eigenvalue weighted by atomic mass is 10.2. The maximum absolute atomic E-state index is 3.76. The first-order valence-corrected chi connectivity index (χ1v) is 4.16. The van der Waals surface area contributed by atoms with Crippen molar-refractivity contribution in [3.63, 3.8) is 0 Å². The van der Waals surface area contributed by atoms with Gasteiger partial charge in [-0.1, -0.05) is 24.8 Å². The van der Waals surface area contributed by atoms with Gasteiger partial charge in [0, 0.05) is 0 Å². The van der Waals surface area contributed by atoms with Crippen LogP contribution < -0.4 is 21.5 Å². The zero-order valence-electron chi connectivity index (χ0n) is 8.20. The third-order valence-electron chi connectivity index (χ3n) is 2.04. The number of rotatable bonds is 3. The lowest BCUT2D eigenvalue weighted by Gasteiger charge is -2.27. The third kappa shape index (κ3) is 3.33. The van der Waals surface area contributed by atoms with Crippen molar-refractivity contribution in [3.8, 4) is 0 Å². The molecule has 0 aliphatic carbocycles. The monoisotopic (exact) mass is 241 g/mol. The zero-order valence-corrected chi connectivity index (χ0v) is 9.79. The van der Waals surface area contributed by atoms with Crippen LogP contribution in [0.5, 0.6) is 0 Å². The molecule has 0 radical (unpaired) electrons. The first kappa shape index (κ1) is 12.4. The first-order chi connectivity index (χ1) is 5.67. The van der Waals surface area contributed by atoms with Crippen molar-refractivity contribution >= 4 is 5.69 Å². The molecule has 0 aromatic heterocycles. The van der Waals surface area contributed by atoms with E-state index in [1.807, 2.05) is 12.1 Å². The predicted molar refractivity (Wildman–Crippen MR) is 55.1 cm³/mol. The minimum absolute atomic E-state index is 0. The fourth-order valence-corrected chi connectivity index (χ4v) is 1.26. The largest absolute Gasteiger partial charge is 1.00 e. The van der Waals surface area contributed by atoms with Gasteiger partial charge in [-0.25, -0.2) is 0 Å². The minimum atomic E-state index is 0. The van der Waals surface area contributed by atoms with Crippen molar-refractivity contribution in [2.75, 3.05) is 20.6 Å². The highest BCUT2D eigenvalue weighted by molar-refractivity contribution is 5.41. The van der Waals surface area contributed by atoms with Crippen LogP contribution in [-0.4, -0.2) is 20.6 Å². The van der Waals surface area contributed by atoms with E-state index >= 15 is 0 Å². The molecule has 72 valence electrons. The molecule has 0 saturated carbocycles. The molecule has 0 bridgehead atoms. The SMILES string of the molecule is C=CC[N+](C)(C)c1ccccc1.[Br-]. The van der Waals surface area contributed by atoms with Crippen molar-refractivity contribution in [1.29, 1.82) is 0 Å². The summed E-state index contributed by atoms with van der Waals surface area (Å²) in [6, 6.07) is 10.5. The second-order valence-electron chi connectivity index (χ2n) is 3.49. The van der Waals surface area contributed by atoms with E-state index in [9.17, 15) is 0 Å². The Balaban J connectivity index is 0.00000144. The molecule has 1 rings (SSSR count). The fraction of sp³-hybridized carbons (Fsp3) is 0.273. The molecule has 0 spiro atoms. The fourth-order valence-electron chi connectivity index (χ4n) is 1.26. The summed E-state index contributed by atoms with van der Waals surface area (Å²) in [7, 11) is 4.36. The van der Waals surface area contributed by atoms with Gasteiger partial charge in [-0.3, -0.25) is 4.48 Å². The summed E-state index contributed by atoms with van der Waals surface area (Å²) in [6.07, 6.45) is 1.95. The van der Waals surface area contributed by atoms with Crippen LogP contribution in [0.1, 0.15) is 0 Å². The average molecular weight is 242 g/mol. The number of halogens is 1. The second-order valence-corrected chi connectivity index (χ2v) is 3.49. The van der Waals surface area contributed by atoms with Crippen LogP contribution in [0.4, 0.5) is 5.69 Å². The van der Waals surface area contributed by atoms with Crippen LogP contribution in [0.15, 0.2) is 43.0 Å². The summed E-state index contributed by atoms with van der Waals surface area (Å²) in [5.41, 5.74) is 1.32. The topological polar surface area (TPSA) is 0 Å². The Morgan fingerprint density at radius 3 is 2.23 bits per heavy atom. The van der Waals surface area contributed by atoms with Gasteiger partial charge in [-0.15, -0.1) is 0 Å². The number of likely N-dealkylation sites (N-methyl/N-ethyl adjacent to an activating group) is 1. The van der Waals surface area contributed by atoms with E-state index in [2.05, 4.69) is 44.9 Å². The van der Waals surface area contributed by atoms with Gasteiger partial charge in [-0.05, 0) is 18.2 Å². The number of hydrogen-bond donors (Lipinski definition) is 0. The number of para-hydroxylation sites is 1. The van der Waals surface area contributed by atoms with E-state index in [1.165, 1.54) is 5.69 Å². The molecule has 0 saturated heterocycles. The van der Waals surface area contributed by atoms with Gasteiger partial charge in [0.25, 0.3) is 0 Å². The Bertz CT molecular complexity index is 254. The van der Waals surface area contributed by atoms with Crippen molar-refractivity contribution in [2.45, 2.75) is 0 Å². The smallest absolute Gasteiger partial charge is 0.132 e. The highest BCUT2D eigenvalue weighted by Crippen LogP contribution is 2.17. The summed E-state index contributed by atoms with van der Waals surface area (Å²) in [5, 5.41) is 0. The molecule has 2 heteroatoms. The first-order valence-electron chi connectivity index (χ1n) is 4.16. The third-order valence-corrected chi connectivity index (χ3v) is 2.04. The van der Waals surface area contributed by atoms with E-state index in [1.54, 1.807) is 0 Å². The Hall–Kier alpha value is -0.600. The van der Waals surface area contributed by atoms with Crippen LogP contribution in [0.2, 0.25) is 0 Å². The summed E-state index contributed by atoms with van der Waals surface area (Å²) in [6.45, 7) is 4.72. The summed E-state index contributed by atoms with van der Waals surface area (Å²) < 4.78 is 0.865. The Morgan fingerprint density at radius 2 is 1.77 bits per heavy atom. The van der Waals surface area contributed by atoms with E-state index < -0.39 is 0 Å². The summed E-state index contributed by atoms with van der Waals surface area (Å²) in [5.74, 6) is 0. The lowest BCUT2D eigenvalue weighted by Crippen LogP contribution is -3.00. The van der Waals surface area contributed by atoms with Gasteiger partial charge in [-0.2, -0.15) is 0 Å². The molecule has 13 heavy (non-hydrogen) atoms. The standard InChI is InChI=1S/C11H16N.BrH/c1-4-10-12(2,3)11-8-6-5-7-9-11;/h4-9H,1,10H2,2-3H3;1H/q+1;/p-1.